The number of rotatable bonds is 1. The van der Waals surface area contributed by atoms with Crippen molar-refractivity contribution in [1.29, 1.82) is 0 Å². The first kappa shape index (κ1) is 19.5. The summed E-state index contributed by atoms with van der Waals surface area (Å²) in [5, 5.41) is 0. The highest BCUT2D eigenvalue weighted by Crippen LogP contribution is 2.47. The third-order valence-electron chi connectivity index (χ3n) is 8.05. The molecule has 0 aromatic heterocycles. The lowest BCUT2D eigenvalue weighted by atomic mass is 9.34. The van der Waals surface area contributed by atoms with Gasteiger partial charge in [0.05, 0.1) is 5.69 Å². The summed E-state index contributed by atoms with van der Waals surface area (Å²) in [6.07, 6.45) is 2.01. The highest BCUT2D eigenvalue weighted by molar-refractivity contribution is 6.99. The van der Waals surface area contributed by atoms with Crippen molar-refractivity contribution in [2.45, 2.75) is 12.8 Å². The summed E-state index contributed by atoms with van der Waals surface area (Å²) in [5.41, 5.74) is 9.33. The van der Waals surface area contributed by atoms with Gasteiger partial charge in [-0.1, -0.05) is 48.5 Å². The van der Waals surface area contributed by atoms with Crippen molar-refractivity contribution < 1.29 is 14.2 Å². The Morgan fingerprint density at radius 1 is 0.486 bits per heavy atom. The fraction of sp³-hybridized carbons (Fsp3) is 0.0625. The van der Waals surface area contributed by atoms with E-state index in [1.54, 1.807) is 0 Å². The largest absolute Gasteiger partial charge is 0.458 e. The summed E-state index contributed by atoms with van der Waals surface area (Å²) in [7, 11) is 0. The number of hydrogen-bond donors (Lipinski definition) is 0. The number of nitrogens with zero attached hydrogens (tertiary/aromatic N) is 1. The maximum Gasteiger partial charge on any atom is 0.270 e. The quantitative estimate of drug-likeness (QED) is 0.268. The van der Waals surface area contributed by atoms with E-state index in [2.05, 4.69) is 65.6 Å². The zero-order valence-electron chi connectivity index (χ0n) is 19.9. The molecule has 4 aliphatic rings. The second kappa shape index (κ2) is 6.98. The number of para-hydroxylation sites is 2. The lowest BCUT2D eigenvalue weighted by Crippen LogP contribution is -2.59. The summed E-state index contributed by atoms with van der Waals surface area (Å²) in [6, 6.07) is 33.9. The zero-order valence-corrected chi connectivity index (χ0v) is 19.9. The van der Waals surface area contributed by atoms with Gasteiger partial charge in [-0.05, 0) is 60.4 Å². The van der Waals surface area contributed by atoms with Gasteiger partial charge < -0.3 is 19.1 Å². The van der Waals surface area contributed by atoms with Gasteiger partial charge in [0.2, 0.25) is 0 Å². The second-order valence-corrected chi connectivity index (χ2v) is 10.0. The fourth-order valence-electron chi connectivity index (χ4n) is 6.49. The lowest BCUT2D eigenvalue weighted by molar-refractivity contribution is 0.443. The molecular weight excluding hydrogens is 457 g/mol. The van der Waals surface area contributed by atoms with Crippen molar-refractivity contribution in [1.82, 2.24) is 0 Å². The molecule has 4 nitrogen and oxygen atoms in total. The molecule has 0 spiro atoms. The van der Waals surface area contributed by atoms with Crippen LogP contribution in [0, 0.1) is 0 Å². The van der Waals surface area contributed by atoms with Crippen LogP contribution in [0.4, 0.5) is 17.1 Å². The lowest BCUT2D eigenvalue weighted by Gasteiger charge is -2.38. The number of fused-ring (bicyclic) bond motifs is 2. The van der Waals surface area contributed by atoms with E-state index in [1.807, 2.05) is 36.4 Å². The van der Waals surface area contributed by atoms with Crippen LogP contribution in [0.3, 0.4) is 0 Å². The molecule has 0 unspecified atom stereocenters. The fourth-order valence-corrected chi connectivity index (χ4v) is 6.49. The first-order valence-electron chi connectivity index (χ1n) is 12.8. The van der Waals surface area contributed by atoms with E-state index in [1.165, 1.54) is 22.5 Å². The molecule has 37 heavy (non-hydrogen) atoms. The normalized spacial score (nSPS) is 14.8. The maximum absolute atomic E-state index is 6.60. The van der Waals surface area contributed by atoms with Crippen LogP contribution in [0.1, 0.15) is 11.1 Å². The van der Waals surface area contributed by atoms with E-state index >= 15 is 0 Å². The van der Waals surface area contributed by atoms with Crippen molar-refractivity contribution >= 4 is 40.2 Å². The molecule has 5 aromatic carbocycles. The molecule has 5 heteroatoms. The van der Waals surface area contributed by atoms with Crippen molar-refractivity contribution in [3.63, 3.8) is 0 Å². The Hall–Kier alpha value is -4.64. The number of benzene rings is 5. The van der Waals surface area contributed by atoms with Gasteiger partial charge in [0.1, 0.15) is 34.5 Å². The van der Waals surface area contributed by atoms with Gasteiger partial charge in [-0.15, -0.1) is 0 Å². The van der Waals surface area contributed by atoms with Crippen LogP contribution in [0.15, 0.2) is 97.1 Å². The summed E-state index contributed by atoms with van der Waals surface area (Å²) < 4.78 is 19.5. The minimum absolute atomic E-state index is 0.0245. The predicted molar refractivity (Wildman–Crippen MR) is 146 cm³/mol. The average Bonchev–Trinajstić information content (AvgIpc) is 3.10. The molecule has 9 rings (SSSR count). The number of ether oxygens (including phenoxy) is 3. The van der Waals surface area contributed by atoms with Gasteiger partial charge in [-0.2, -0.15) is 0 Å². The van der Waals surface area contributed by atoms with Gasteiger partial charge in [0.25, 0.3) is 6.71 Å². The molecule has 0 aliphatic carbocycles. The van der Waals surface area contributed by atoms with Gasteiger partial charge in [-0.3, -0.25) is 0 Å². The Morgan fingerprint density at radius 3 is 1.43 bits per heavy atom. The number of anilines is 3. The van der Waals surface area contributed by atoms with Crippen molar-refractivity contribution in [2.75, 3.05) is 4.90 Å². The Bertz CT molecular complexity index is 1670. The Labute approximate surface area is 214 Å². The van der Waals surface area contributed by atoms with Crippen LogP contribution < -0.4 is 35.5 Å². The molecule has 0 saturated heterocycles. The number of aryl methyl sites for hydroxylation is 2. The summed E-state index contributed by atoms with van der Waals surface area (Å²) in [4.78, 5) is 2.36. The van der Waals surface area contributed by atoms with E-state index in [4.69, 9.17) is 14.2 Å². The van der Waals surface area contributed by atoms with E-state index in [0.29, 0.717) is 0 Å². The molecule has 0 N–H and O–H groups in total. The topological polar surface area (TPSA) is 30.9 Å². The minimum Gasteiger partial charge on any atom is -0.458 e. The van der Waals surface area contributed by atoms with Crippen molar-refractivity contribution in [3.05, 3.63) is 108 Å². The monoisotopic (exact) mass is 477 g/mol. The number of hydrogen-bond acceptors (Lipinski definition) is 4. The van der Waals surface area contributed by atoms with E-state index in [-0.39, 0.29) is 6.71 Å². The van der Waals surface area contributed by atoms with Crippen molar-refractivity contribution in [3.8, 4) is 34.5 Å². The smallest absolute Gasteiger partial charge is 0.270 e. The van der Waals surface area contributed by atoms with E-state index in [9.17, 15) is 0 Å². The molecule has 0 amide bonds. The Morgan fingerprint density at radius 2 is 0.919 bits per heavy atom. The molecular formula is C32H20BNO3. The van der Waals surface area contributed by atoms with Crippen molar-refractivity contribution in [2.24, 2.45) is 0 Å². The van der Waals surface area contributed by atoms with Crippen LogP contribution in [-0.2, 0) is 12.8 Å². The van der Waals surface area contributed by atoms with Crippen LogP contribution >= 0.6 is 0 Å². The second-order valence-electron chi connectivity index (χ2n) is 10.0. The summed E-state index contributed by atoms with van der Waals surface area (Å²) in [6.45, 7) is 0.0245. The molecule has 4 heterocycles. The van der Waals surface area contributed by atoms with Gasteiger partial charge in [-0.25, -0.2) is 0 Å². The molecule has 4 aliphatic heterocycles. The molecule has 0 saturated carbocycles. The minimum atomic E-state index is 0.0245. The van der Waals surface area contributed by atoms with Crippen LogP contribution in [0.25, 0.3) is 0 Å². The molecule has 5 aromatic rings. The Balaban J connectivity index is 1.32. The average molecular weight is 477 g/mol. The zero-order chi connectivity index (χ0) is 24.1. The molecule has 0 bridgehead atoms. The van der Waals surface area contributed by atoms with Crippen LogP contribution in [0.2, 0.25) is 0 Å². The predicted octanol–water partition coefficient (Wildman–Crippen LogP) is 6.09. The molecule has 0 fully saturated rings. The standard InChI is InChI=1S/C32H20BNO3/c1-3-9-22-19(7-1)15-16-20-8-2-4-10-23(20)34(22)21-17-28-32-29(18-21)37-27-14-6-12-25-31(27)33(32)30-24(35-25)11-5-13-26(30)36-28/h1-14,17-18H,15-16H2. The summed E-state index contributed by atoms with van der Waals surface area (Å²) >= 11 is 0. The first-order chi connectivity index (χ1) is 18.3. The highest BCUT2D eigenvalue weighted by atomic mass is 16.5. The van der Waals surface area contributed by atoms with Crippen LogP contribution in [0.5, 0.6) is 34.5 Å². The van der Waals surface area contributed by atoms with Crippen LogP contribution in [-0.4, -0.2) is 6.71 Å². The first-order valence-corrected chi connectivity index (χ1v) is 12.8. The third kappa shape index (κ3) is 2.58. The van der Waals surface area contributed by atoms with E-state index < -0.39 is 0 Å². The summed E-state index contributed by atoms with van der Waals surface area (Å²) in [5.74, 6) is 5.07. The molecule has 0 radical (unpaired) electrons. The van der Waals surface area contributed by atoms with Gasteiger partial charge in [0.15, 0.2) is 0 Å². The van der Waals surface area contributed by atoms with Gasteiger partial charge >= 0.3 is 0 Å². The maximum atomic E-state index is 6.60. The molecule has 0 atom stereocenters. The van der Waals surface area contributed by atoms with Gasteiger partial charge in [0, 0.05) is 39.9 Å². The third-order valence-corrected chi connectivity index (χ3v) is 8.05. The van der Waals surface area contributed by atoms with E-state index in [0.717, 1.165) is 69.4 Å². The SMILES string of the molecule is c1ccc2c(c1)CCc1ccccc1N2c1cc2c3c(c1)Oc1cccc4c1B3c1c(cccc1O2)O4. The Kier molecular flexibility index (Phi) is 3.69. The molecule has 174 valence electrons. The highest BCUT2D eigenvalue weighted by Gasteiger charge is 2.46.